The summed E-state index contributed by atoms with van der Waals surface area (Å²) in [4.78, 5) is 29.2. The number of carbonyl (C=O) groups excluding carboxylic acids is 2. The lowest BCUT2D eigenvalue weighted by Crippen LogP contribution is -2.39. The Balaban J connectivity index is 1.40. The molecule has 1 N–H and O–H groups in total. The van der Waals surface area contributed by atoms with Crippen LogP contribution in [0.25, 0.3) is 5.69 Å². The number of rotatable bonds is 4. The molecule has 33 heavy (non-hydrogen) atoms. The first-order valence-corrected chi connectivity index (χ1v) is 11.1. The van der Waals surface area contributed by atoms with E-state index in [1.54, 1.807) is 58.1 Å². The minimum absolute atomic E-state index is 0.152. The second-order valence-corrected chi connectivity index (χ2v) is 8.33. The molecule has 1 fully saturated rings. The molecule has 4 rings (SSSR count). The summed E-state index contributed by atoms with van der Waals surface area (Å²) in [5, 5.41) is 7.98. The molecule has 1 aliphatic rings. The van der Waals surface area contributed by atoms with Crippen LogP contribution in [-0.4, -0.2) is 64.8 Å². The van der Waals surface area contributed by atoms with Crippen LogP contribution in [-0.2, 0) is 0 Å². The van der Waals surface area contributed by atoms with E-state index in [4.69, 9.17) is 16.3 Å². The lowest BCUT2D eigenvalue weighted by Gasteiger charge is -2.22. The van der Waals surface area contributed by atoms with Gasteiger partial charge in [0.2, 0.25) is 0 Å². The molecule has 1 saturated heterocycles. The van der Waals surface area contributed by atoms with Crippen molar-refractivity contribution in [1.82, 2.24) is 19.6 Å². The zero-order valence-corrected chi connectivity index (χ0v) is 19.4. The first-order valence-electron chi connectivity index (χ1n) is 10.8. The van der Waals surface area contributed by atoms with Gasteiger partial charge in [-0.05, 0) is 61.4 Å². The number of halogens is 1. The SMILES string of the molecule is COc1ccc(C)cc1-n1ccc(C(=O)N2CCCN(C(=O)Nc3ccc(Cl)cc3)CC2)n1. The van der Waals surface area contributed by atoms with Crippen molar-refractivity contribution < 1.29 is 14.3 Å². The molecule has 2 aromatic carbocycles. The van der Waals surface area contributed by atoms with Crippen LogP contribution in [0.4, 0.5) is 10.5 Å². The zero-order chi connectivity index (χ0) is 23.4. The number of anilines is 1. The maximum absolute atomic E-state index is 13.1. The molecule has 1 aliphatic heterocycles. The highest BCUT2D eigenvalue weighted by Crippen LogP contribution is 2.24. The Hall–Kier alpha value is -3.52. The average molecular weight is 468 g/mol. The van der Waals surface area contributed by atoms with Gasteiger partial charge < -0.3 is 19.9 Å². The summed E-state index contributed by atoms with van der Waals surface area (Å²) in [6, 6.07) is 14.3. The van der Waals surface area contributed by atoms with Crippen LogP contribution in [0.5, 0.6) is 5.75 Å². The lowest BCUT2D eigenvalue weighted by atomic mass is 10.2. The number of ether oxygens (including phenoxy) is 1. The van der Waals surface area contributed by atoms with Crippen molar-refractivity contribution >= 4 is 29.2 Å². The van der Waals surface area contributed by atoms with E-state index < -0.39 is 0 Å². The topological polar surface area (TPSA) is 79.7 Å². The monoisotopic (exact) mass is 467 g/mol. The third-order valence-electron chi connectivity index (χ3n) is 5.56. The number of benzene rings is 2. The molecule has 1 aromatic heterocycles. The first kappa shape index (κ1) is 22.7. The average Bonchev–Trinajstić information content (AvgIpc) is 3.17. The van der Waals surface area contributed by atoms with Crippen LogP contribution in [0, 0.1) is 6.92 Å². The smallest absolute Gasteiger partial charge is 0.321 e. The molecule has 2 heterocycles. The molecule has 0 aliphatic carbocycles. The van der Waals surface area contributed by atoms with E-state index in [2.05, 4.69) is 10.4 Å². The fraction of sp³-hybridized carbons (Fsp3) is 0.292. The third-order valence-corrected chi connectivity index (χ3v) is 5.81. The number of amides is 3. The molecule has 8 nitrogen and oxygen atoms in total. The van der Waals surface area contributed by atoms with Crippen molar-refractivity contribution in [2.45, 2.75) is 13.3 Å². The number of nitrogens with one attached hydrogen (secondary N) is 1. The summed E-state index contributed by atoms with van der Waals surface area (Å²) < 4.78 is 7.09. The van der Waals surface area contributed by atoms with Gasteiger partial charge in [-0.2, -0.15) is 5.10 Å². The second kappa shape index (κ2) is 9.95. The standard InChI is InChI=1S/C24H26ClN5O3/c1-17-4-9-22(33-2)21(16-17)30-13-10-20(27-30)23(31)28-11-3-12-29(15-14-28)24(32)26-19-7-5-18(25)6-8-19/h4-10,13,16H,3,11-12,14-15H2,1-2H3,(H,26,32). The molecule has 9 heteroatoms. The van der Waals surface area contributed by atoms with Crippen molar-refractivity contribution in [2.24, 2.45) is 0 Å². The van der Waals surface area contributed by atoms with Crippen LogP contribution in [0.2, 0.25) is 5.02 Å². The van der Waals surface area contributed by atoms with Gasteiger partial charge in [-0.15, -0.1) is 0 Å². The van der Waals surface area contributed by atoms with E-state index in [0.717, 1.165) is 11.3 Å². The minimum Gasteiger partial charge on any atom is -0.494 e. The fourth-order valence-electron chi connectivity index (χ4n) is 3.77. The normalized spacial score (nSPS) is 14.0. The number of aryl methyl sites for hydroxylation is 1. The molecule has 0 spiro atoms. The highest BCUT2D eigenvalue weighted by atomic mass is 35.5. The van der Waals surface area contributed by atoms with Crippen molar-refractivity contribution in [3.63, 3.8) is 0 Å². The van der Waals surface area contributed by atoms with Crippen LogP contribution >= 0.6 is 11.6 Å². The van der Waals surface area contributed by atoms with Crippen LogP contribution < -0.4 is 10.1 Å². The Kier molecular flexibility index (Phi) is 6.84. The van der Waals surface area contributed by atoms with Crippen molar-refractivity contribution in [2.75, 3.05) is 38.6 Å². The Labute approximate surface area is 197 Å². The molecule has 0 atom stereocenters. The largest absolute Gasteiger partial charge is 0.494 e. The Morgan fingerprint density at radius 1 is 1.00 bits per heavy atom. The number of hydrogen-bond donors (Lipinski definition) is 1. The van der Waals surface area contributed by atoms with Gasteiger partial charge in [0.05, 0.1) is 7.11 Å². The number of aromatic nitrogens is 2. The van der Waals surface area contributed by atoms with E-state index in [0.29, 0.717) is 54.8 Å². The van der Waals surface area contributed by atoms with Crippen molar-refractivity contribution in [3.05, 3.63) is 71.0 Å². The lowest BCUT2D eigenvalue weighted by molar-refractivity contribution is 0.0756. The molecular formula is C24H26ClN5O3. The summed E-state index contributed by atoms with van der Waals surface area (Å²) in [5.41, 5.74) is 2.88. The predicted molar refractivity (Wildman–Crippen MR) is 127 cm³/mol. The van der Waals surface area contributed by atoms with Gasteiger partial charge in [-0.3, -0.25) is 4.79 Å². The second-order valence-electron chi connectivity index (χ2n) is 7.89. The van der Waals surface area contributed by atoms with Gasteiger partial charge in [-0.25, -0.2) is 9.48 Å². The highest BCUT2D eigenvalue weighted by molar-refractivity contribution is 6.30. The van der Waals surface area contributed by atoms with Crippen LogP contribution in [0.1, 0.15) is 22.5 Å². The highest BCUT2D eigenvalue weighted by Gasteiger charge is 2.24. The first-order chi connectivity index (χ1) is 15.9. The summed E-state index contributed by atoms with van der Waals surface area (Å²) in [7, 11) is 1.61. The molecule has 3 aromatic rings. The van der Waals surface area contributed by atoms with Crippen molar-refractivity contribution in [1.29, 1.82) is 0 Å². The molecule has 0 saturated carbocycles. The van der Waals surface area contributed by atoms with E-state index >= 15 is 0 Å². The van der Waals surface area contributed by atoms with Gasteiger partial charge in [0.1, 0.15) is 11.4 Å². The number of nitrogens with zero attached hydrogens (tertiary/aromatic N) is 4. The van der Waals surface area contributed by atoms with E-state index in [-0.39, 0.29) is 11.9 Å². The zero-order valence-electron chi connectivity index (χ0n) is 18.6. The van der Waals surface area contributed by atoms with Gasteiger partial charge in [0.25, 0.3) is 5.91 Å². The number of carbonyl (C=O) groups is 2. The number of urea groups is 1. The Morgan fingerprint density at radius 3 is 2.48 bits per heavy atom. The minimum atomic E-state index is -0.192. The summed E-state index contributed by atoms with van der Waals surface area (Å²) in [5.74, 6) is 0.528. The summed E-state index contributed by atoms with van der Waals surface area (Å²) >= 11 is 5.90. The number of methoxy groups -OCH3 is 1. The van der Waals surface area contributed by atoms with Gasteiger partial charge >= 0.3 is 6.03 Å². The summed E-state index contributed by atoms with van der Waals surface area (Å²) in [6.07, 6.45) is 2.44. The molecular weight excluding hydrogens is 442 g/mol. The molecule has 0 unspecified atom stereocenters. The molecule has 172 valence electrons. The van der Waals surface area contributed by atoms with E-state index in [1.165, 1.54) is 0 Å². The quantitative estimate of drug-likeness (QED) is 0.623. The predicted octanol–water partition coefficient (Wildman–Crippen LogP) is 4.22. The maximum atomic E-state index is 13.1. The van der Waals surface area contributed by atoms with Crippen LogP contribution in [0.3, 0.4) is 0 Å². The summed E-state index contributed by atoms with van der Waals surface area (Å²) in [6.45, 7) is 4.00. The van der Waals surface area contributed by atoms with Gasteiger partial charge in [0.15, 0.2) is 5.69 Å². The van der Waals surface area contributed by atoms with Gasteiger partial charge in [-0.1, -0.05) is 17.7 Å². The molecule has 0 bridgehead atoms. The van der Waals surface area contributed by atoms with Gasteiger partial charge in [0, 0.05) is 43.1 Å². The van der Waals surface area contributed by atoms with Crippen LogP contribution in [0.15, 0.2) is 54.7 Å². The fourth-order valence-corrected chi connectivity index (χ4v) is 3.90. The molecule has 0 radical (unpaired) electrons. The third kappa shape index (κ3) is 5.28. The Bertz CT molecular complexity index is 1150. The van der Waals surface area contributed by atoms with Crippen molar-refractivity contribution in [3.8, 4) is 11.4 Å². The number of hydrogen-bond acceptors (Lipinski definition) is 4. The van der Waals surface area contributed by atoms with E-state index in [1.807, 2.05) is 25.1 Å². The maximum Gasteiger partial charge on any atom is 0.321 e. The van der Waals surface area contributed by atoms with E-state index in [9.17, 15) is 9.59 Å². The molecule has 3 amide bonds. The Morgan fingerprint density at radius 2 is 1.73 bits per heavy atom.